The van der Waals surface area contributed by atoms with E-state index in [4.69, 9.17) is 4.74 Å². The minimum atomic E-state index is -3.17. The molecule has 1 aliphatic heterocycles. The fourth-order valence-electron chi connectivity index (χ4n) is 2.42. The second kappa shape index (κ2) is 9.86. The molecule has 8 heteroatoms. The van der Waals surface area contributed by atoms with Crippen LogP contribution in [0.2, 0.25) is 0 Å². The zero-order chi connectivity index (χ0) is 16.7. The number of nitrogens with one attached hydrogen (secondary N) is 1. The van der Waals surface area contributed by atoms with E-state index in [0.29, 0.717) is 18.8 Å². The second-order valence-electron chi connectivity index (χ2n) is 5.68. The van der Waals surface area contributed by atoms with Gasteiger partial charge < -0.3 is 15.0 Å². The van der Waals surface area contributed by atoms with Crippen molar-refractivity contribution in [3.05, 3.63) is 24.3 Å². The summed E-state index contributed by atoms with van der Waals surface area (Å²) in [5.74, 6) is 0.856. The van der Waals surface area contributed by atoms with E-state index in [1.54, 1.807) is 24.3 Å². The molecule has 1 aromatic carbocycles. The predicted molar refractivity (Wildman–Crippen MR) is 95.6 cm³/mol. The van der Waals surface area contributed by atoms with Gasteiger partial charge in [-0.25, -0.2) is 8.42 Å². The van der Waals surface area contributed by atoms with Crippen LogP contribution >= 0.6 is 12.4 Å². The van der Waals surface area contributed by atoms with Gasteiger partial charge in [-0.2, -0.15) is 0 Å². The minimum absolute atomic E-state index is 0. The Hall–Kier alpha value is -1.31. The lowest BCUT2D eigenvalue weighted by Crippen LogP contribution is -2.46. The Labute approximate surface area is 149 Å². The highest BCUT2D eigenvalue weighted by atomic mass is 35.5. The summed E-state index contributed by atoms with van der Waals surface area (Å²) >= 11 is 0. The number of halogens is 1. The smallest absolute Gasteiger partial charge is 0.222 e. The maximum Gasteiger partial charge on any atom is 0.222 e. The summed E-state index contributed by atoms with van der Waals surface area (Å²) in [5, 5.41) is 3.23. The standard InChI is InChI=1S/C16H24N2O4S.ClH/c1-23(20,21)15-7-5-14(6-8-15)22-13-3-2-4-16(19)18-11-9-17-10-12-18;/h5-8,17H,2-4,9-13H2,1H3;1H. The summed E-state index contributed by atoms with van der Waals surface area (Å²) in [4.78, 5) is 14.2. The maximum absolute atomic E-state index is 12.0. The molecule has 1 aliphatic rings. The number of rotatable bonds is 7. The third-order valence-electron chi connectivity index (χ3n) is 3.78. The van der Waals surface area contributed by atoms with E-state index in [0.717, 1.165) is 39.0 Å². The molecule has 1 saturated heterocycles. The fourth-order valence-corrected chi connectivity index (χ4v) is 3.05. The van der Waals surface area contributed by atoms with Gasteiger partial charge in [0.2, 0.25) is 5.91 Å². The predicted octanol–water partition coefficient (Wildman–Crippen LogP) is 1.49. The topological polar surface area (TPSA) is 75.7 Å². The molecule has 0 bridgehead atoms. The van der Waals surface area contributed by atoms with Gasteiger partial charge in [-0.15, -0.1) is 12.4 Å². The first-order valence-electron chi connectivity index (χ1n) is 7.88. The molecule has 0 atom stereocenters. The van der Waals surface area contributed by atoms with Crippen LogP contribution in [-0.2, 0) is 14.6 Å². The van der Waals surface area contributed by atoms with Gasteiger partial charge in [-0.3, -0.25) is 4.79 Å². The first-order chi connectivity index (χ1) is 11.0. The molecule has 0 unspecified atom stereocenters. The van der Waals surface area contributed by atoms with Gasteiger partial charge in [0, 0.05) is 38.9 Å². The van der Waals surface area contributed by atoms with Crippen LogP contribution in [0.1, 0.15) is 19.3 Å². The van der Waals surface area contributed by atoms with E-state index in [-0.39, 0.29) is 23.2 Å². The number of hydrogen-bond acceptors (Lipinski definition) is 5. The van der Waals surface area contributed by atoms with Crippen molar-refractivity contribution in [1.82, 2.24) is 10.2 Å². The van der Waals surface area contributed by atoms with Crippen molar-refractivity contribution in [2.45, 2.75) is 24.2 Å². The van der Waals surface area contributed by atoms with Crippen molar-refractivity contribution in [3.63, 3.8) is 0 Å². The molecule has 0 spiro atoms. The third kappa shape index (κ3) is 6.67. The molecule has 136 valence electrons. The van der Waals surface area contributed by atoms with Gasteiger partial charge in [-0.05, 0) is 37.1 Å². The van der Waals surface area contributed by atoms with Crippen molar-refractivity contribution < 1.29 is 17.9 Å². The monoisotopic (exact) mass is 376 g/mol. The lowest BCUT2D eigenvalue weighted by atomic mass is 10.2. The Kier molecular flexibility index (Phi) is 8.52. The van der Waals surface area contributed by atoms with Crippen LogP contribution in [0.25, 0.3) is 0 Å². The summed E-state index contributed by atoms with van der Waals surface area (Å²) in [7, 11) is -3.17. The zero-order valence-corrected chi connectivity index (χ0v) is 15.5. The number of benzene rings is 1. The van der Waals surface area contributed by atoms with E-state index in [1.165, 1.54) is 6.26 Å². The summed E-state index contributed by atoms with van der Waals surface area (Å²) < 4.78 is 28.3. The Morgan fingerprint density at radius 1 is 1.17 bits per heavy atom. The van der Waals surface area contributed by atoms with E-state index < -0.39 is 9.84 Å². The van der Waals surface area contributed by atoms with Crippen LogP contribution in [0.4, 0.5) is 0 Å². The number of hydrogen-bond donors (Lipinski definition) is 1. The molecular weight excluding hydrogens is 352 g/mol. The lowest BCUT2D eigenvalue weighted by Gasteiger charge is -2.27. The van der Waals surface area contributed by atoms with Crippen molar-refractivity contribution in [2.75, 3.05) is 39.0 Å². The zero-order valence-electron chi connectivity index (χ0n) is 13.9. The van der Waals surface area contributed by atoms with Crippen LogP contribution in [-0.4, -0.2) is 58.3 Å². The number of amides is 1. The van der Waals surface area contributed by atoms with Crippen LogP contribution in [0.5, 0.6) is 5.75 Å². The molecule has 0 radical (unpaired) electrons. The molecule has 6 nitrogen and oxygen atoms in total. The van der Waals surface area contributed by atoms with Gasteiger partial charge in [0.15, 0.2) is 9.84 Å². The Bertz CT molecular complexity index is 613. The van der Waals surface area contributed by atoms with E-state index in [1.807, 2.05) is 4.90 Å². The highest BCUT2D eigenvalue weighted by molar-refractivity contribution is 7.90. The van der Waals surface area contributed by atoms with E-state index in [2.05, 4.69) is 5.32 Å². The van der Waals surface area contributed by atoms with Crippen LogP contribution < -0.4 is 10.1 Å². The normalized spacial score (nSPS) is 14.8. The summed E-state index contributed by atoms with van der Waals surface area (Å²) in [6, 6.07) is 6.39. The Morgan fingerprint density at radius 3 is 2.38 bits per heavy atom. The molecule has 1 fully saturated rings. The first kappa shape index (κ1) is 20.7. The van der Waals surface area contributed by atoms with Gasteiger partial charge >= 0.3 is 0 Å². The van der Waals surface area contributed by atoms with Gasteiger partial charge in [-0.1, -0.05) is 0 Å². The number of piperazine rings is 1. The van der Waals surface area contributed by atoms with Crippen LogP contribution in [0.3, 0.4) is 0 Å². The largest absolute Gasteiger partial charge is 0.494 e. The fraction of sp³-hybridized carbons (Fsp3) is 0.562. The first-order valence-corrected chi connectivity index (χ1v) is 9.77. The summed E-state index contributed by atoms with van der Waals surface area (Å²) in [5.41, 5.74) is 0. The van der Waals surface area contributed by atoms with Crippen molar-refractivity contribution >= 4 is 28.2 Å². The molecule has 0 saturated carbocycles. The summed E-state index contributed by atoms with van der Waals surface area (Å²) in [6.07, 6.45) is 3.32. The van der Waals surface area contributed by atoms with Crippen molar-refractivity contribution in [1.29, 1.82) is 0 Å². The van der Waals surface area contributed by atoms with Gasteiger partial charge in [0.25, 0.3) is 0 Å². The molecular formula is C16H25ClN2O4S. The quantitative estimate of drug-likeness (QED) is 0.730. The van der Waals surface area contributed by atoms with Crippen molar-refractivity contribution in [2.24, 2.45) is 0 Å². The Morgan fingerprint density at radius 2 is 1.79 bits per heavy atom. The Balaban J connectivity index is 0.00000288. The van der Waals surface area contributed by atoms with Gasteiger partial charge in [0.05, 0.1) is 11.5 Å². The second-order valence-corrected chi connectivity index (χ2v) is 7.70. The minimum Gasteiger partial charge on any atom is -0.494 e. The highest BCUT2D eigenvalue weighted by Crippen LogP contribution is 2.16. The van der Waals surface area contributed by atoms with E-state index >= 15 is 0 Å². The average Bonchev–Trinajstić information content (AvgIpc) is 2.55. The average molecular weight is 377 g/mol. The third-order valence-corrected chi connectivity index (χ3v) is 4.90. The van der Waals surface area contributed by atoms with Crippen LogP contribution in [0, 0.1) is 0 Å². The number of carbonyl (C=O) groups is 1. The molecule has 0 aliphatic carbocycles. The number of sulfone groups is 1. The molecule has 1 heterocycles. The van der Waals surface area contributed by atoms with E-state index in [9.17, 15) is 13.2 Å². The maximum atomic E-state index is 12.0. The molecule has 1 N–H and O–H groups in total. The summed E-state index contributed by atoms with van der Waals surface area (Å²) in [6.45, 7) is 3.85. The molecule has 24 heavy (non-hydrogen) atoms. The SMILES string of the molecule is CS(=O)(=O)c1ccc(OCCCCC(=O)N2CCNCC2)cc1.Cl. The number of nitrogens with zero attached hydrogens (tertiary/aromatic N) is 1. The van der Waals surface area contributed by atoms with Crippen LogP contribution in [0.15, 0.2) is 29.2 Å². The molecule has 1 amide bonds. The molecule has 1 aromatic rings. The number of carbonyl (C=O) groups excluding carboxylic acids is 1. The van der Waals surface area contributed by atoms with Crippen molar-refractivity contribution in [3.8, 4) is 5.75 Å². The lowest BCUT2D eigenvalue weighted by molar-refractivity contribution is -0.131. The molecule has 0 aromatic heterocycles. The van der Waals surface area contributed by atoms with Gasteiger partial charge in [0.1, 0.15) is 5.75 Å². The number of ether oxygens (including phenoxy) is 1. The number of unbranched alkanes of at least 4 members (excludes halogenated alkanes) is 1. The molecule has 2 rings (SSSR count). The highest BCUT2D eigenvalue weighted by Gasteiger charge is 2.15.